The molecule has 0 bridgehead atoms. The molecular weight excluding hydrogens is 291 g/mol. The molecule has 5 heteroatoms. The highest BCUT2D eigenvalue weighted by molar-refractivity contribution is 7.12. The first kappa shape index (κ1) is 17.8. The van der Waals surface area contributed by atoms with Crippen molar-refractivity contribution in [2.75, 3.05) is 5.34 Å². The van der Waals surface area contributed by atoms with Gasteiger partial charge in [-0.25, -0.2) is 0 Å². The molecule has 0 unspecified atom stereocenters. The van der Waals surface area contributed by atoms with Crippen molar-refractivity contribution in [3.8, 4) is 0 Å². The van der Waals surface area contributed by atoms with Crippen molar-refractivity contribution in [1.82, 2.24) is 0 Å². The summed E-state index contributed by atoms with van der Waals surface area (Å²) in [6.45, 7) is 6.62. The van der Waals surface area contributed by atoms with Gasteiger partial charge < -0.3 is 5.11 Å². The molecule has 1 aromatic heterocycles. The largest absolute Gasteiger partial charge is 0.481 e. The quantitative estimate of drug-likeness (QED) is 0.787. The first-order chi connectivity index (χ1) is 8.37. The lowest BCUT2D eigenvalue weighted by atomic mass is 9.89. The molecule has 104 valence electrons. The van der Waals surface area contributed by atoms with E-state index in [1.807, 2.05) is 0 Å². The second-order valence-electron chi connectivity index (χ2n) is 4.50. The highest BCUT2D eigenvalue weighted by Gasteiger charge is 2.19. The molecule has 0 radical (unpaired) electrons. The Bertz CT molecular complexity index is 362. The molecule has 1 aromatic rings. The van der Waals surface area contributed by atoms with Gasteiger partial charge in [-0.3, -0.25) is 4.79 Å². The number of aliphatic carboxylic acids is 1. The minimum atomic E-state index is -0.722. The number of carboxylic acids is 1. The van der Waals surface area contributed by atoms with Crippen molar-refractivity contribution >= 4 is 40.5 Å². The number of halogens is 2. The van der Waals surface area contributed by atoms with Crippen LogP contribution in [0.3, 0.4) is 0 Å². The van der Waals surface area contributed by atoms with Crippen LogP contribution in [0.1, 0.15) is 43.4 Å². The molecule has 1 rings (SSSR count). The van der Waals surface area contributed by atoms with Crippen LogP contribution in [0.4, 0.5) is 0 Å². The predicted molar refractivity (Wildman–Crippen MR) is 80.2 cm³/mol. The van der Waals surface area contributed by atoms with Crippen LogP contribution in [0.25, 0.3) is 0 Å². The summed E-state index contributed by atoms with van der Waals surface area (Å²) in [4.78, 5) is 13.0. The van der Waals surface area contributed by atoms with Gasteiger partial charge in [0.1, 0.15) is 0 Å². The molecule has 2 nitrogen and oxygen atoms in total. The maximum absolute atomic E-state index is 10.4. The van der Waals surface area contributed by atoms with E-state index in [0.717, 1.165) is 6.42 Å². The Morgan fingerprint density at radius 2 is 1.94 bits per heavy atom. The molecular formula is C13H20Cl2O2S. The van der Waals surface area contributed by atoms with Crippen LogP contribution < -0.4 is 0 Å². The average molecular weight is 311 g/mol. The minimum Gasteiger partial charge on any atom is -0.481 e. The zero-order chi connectivity index (χ0) is 14.2. The molecule has 18 heavy (non-hydrogen) atoms. The van der Waals surface area contributed by atoms with Gasteiger partial charge in [-0.1, -0.05) is 20.8 Å². The van der Waals surface area contributed by atoms with Gasteiger partial charge in [0, 0.05) is 9.75 Å². The lowest BCUT2D eigenvalue weighted by Crippen LogP contribution is -2.12. The second kappa shape index (κ2) is 8.78. The van der Waals surface area contributed by atoms with E-state index >= 15 is 0 Å². The van der Waals surface area contributed by atoms with E-state index in [2.05, 4.69) is 32.9 Å². The Morgan fingerprint density at radius 3 is 2.39 bits per heavy atom. The number of hydrogen-bond acceptors (Lipinski definition) is 2. The molecule has 0 aliphatic rings. The second-order valence-corrected chi connectivity index (χ2v) is 6.47. The van der Waals surface area contributed by atoms with Gasteiger partial charge in [-0.2, -0.15) is 0 Å². The first-order valence-electron chi connectivity index (χ1n) is 5.80. The van der Waals surface area contributed by atoms with Crippen LogP contribution >= 0.6 is 34.5 Å². The SMILES string of the molecule is CCC(C)(C)c1ccc(CCC(=O)O)s1.ClCCl. The third kappa shape index (κ3) is 6.62. The number of aryl methyl sites for hydroxylation is 1. The Kier molecular flexibility index (Phi) is 8.66. The van der Waals surface area contributed by atoms with Gasteiger partial charge >= 0.3 is 5.97 Å². The fourth-order valence-corrected chi connectivity index (χ4v) is 2.46. The van der Waals surface area contributed by atoms with Crippen LogP contribution in [-0.2, 0) is 16.6 Å². The molecule has 0 fully saturated rings. The topological polar surface area (TPSA) is 37.3 Å². The van der Waals surface area contributed by atoms with E-state index in [-0.39, 0.29) is 17.2 Å². The van der Waals surface area contributed by atoms with Crippen molar-refractivity contribution in [2.45, 2.75) is 45.4 Å². The summed E-state index contributed by atoms with van der Waals surface area (Å²) < 4.78 is 0. The molecule has 0 amide bonds. The van der Waals surface area contributed by atoms with Crippen molar-refractivity contribution in [3.63, 3.8) is 0 Å². The molecule has 0 aliphatic heterocycles. The minimum absolute atomic E-state index is 0.194. The maximum Gasteiger partial charge on any atom is 0.303 e. The van der Waals surface area contributed by atoms with Crippen molar-refractivity contribution < 1.29 is 9.90 Å². The number of alkyl halides is 2. The zero-order valence-electron chi connectivity index (χ0n) is 11.0. The number of thiophene rings is 1. The Morgan fingerprint density at radius 1 is 1.39 bits per heavy atom. The number of hydrogen-bond donors (Lipinski definition) is 1. The van der Waals surface area contributed by atoms with Crippen molar-refractivity contribution in [1.29, 1.82) is 0 Å². The Hall–Kier alpha value is -0.250. The molecule has 0 atom stereocenters. The van der Waals surface area contributed by atoms with Crippen LogP contribution in [0.15, 0.2) is 12.1 Å². The molecule has 0 spiro atoms. The lowest BCUT2D eigenvalue weighted by Gasteiger charge is -2.20. The molecule has 0 saturated heterocycles. The van der Waals surface area contributed by atoms with Crippen LogP contribution in [-0.4, -0.2) is 16.4 Å². The van der Waals surface area contributed by atoms with E-state index in [0.29, 0.717) is 6.42 Å². The number of carbonyl (C=O) groups is 1. The summed E-state index contributed by atoms with van der Waals surface area (Å²) in [7, 11) is 0. The van der Waals surface area contributed by atoms with E-state index in [9.17, 15) is 4.79 Å². The third-order valence-corrected chi connectivity index (χ3v) is 4.31. The summed E-state index contributed by atoms with van der Waals surface area (Å²) >= 11 is 11.3. The normalized spacial score (nSPS) is 10.7. The third-order valence-electron chi connectivity index (χ3n) is 2.80. The van der Waals surface area contributed by atoms with E-state index < -0.39 is 5.97 Å². The van der Waals surface area contributed by atoms with Gasteiger partial charge in [-0.05, 0) is 30.4 Å². The van der Waals surface area contributed by atoms with Crippen LogP contribution in [0, 0.1) is 0 Å². The standard InChI is InChI=1S/C12H18O2S.CH2Cl2/c1-4-12(2,3)10-7-5-9(15-10)6-8-11(13)14;2-1-3/h5,7H,4,6,8H2,1-3H3,(H,13,14);1H2. The van der Waals surface area contributed by atoms with E-state index in [1.54, 1.807) is 11.3 Å². The molecule has 0 aromatic carbocycles. The molecule has 1 heterocycles. The Balaban J connectivity index is 0.000000873. The Labute approximate surface area is 123 Å². The molecule has 0 saturated carbocycles. The fourth-order valence-electron chi connectivity index (χ4n) is 1.28. The van der Waals surface area contributed by atoms with Gasteiger partial charge in [0.2, 0.25) is 0 Å². The van der Waals surface area contributed by atoms with Gasteiger partial charge in [0.15, 0.2) is 0 Å². The van der Waals surface area contributed by atoms with Crippen molar-refractivity contribution in [2.24, 2.45) is 0 Å². The molecule has 0 aliphatic carbocycles. The highest BCUT2D eigenvalue weighted by Crippen LogP contribution is 2.32. The highest BCUT2D eigenvalue weighted by atomic mass is 35.5. The first-order valence-corrected chi connectivity index (χ1v) is 7.68. The van der Waals surface area contributed by atoms with Crippen LogP contribution in [0.5, 0.6) is 0 Å². The van der Waals surface area contributed by atoms with Gasteiger partial charge in [0.05, 0.1) is 11.8 Å². The maximum atomic E-state index is 10.4. The van der Waals surface area contributed by atoms with Crippen molar-refractivity contribution in [3.05, 3.63) is 21.9 Å². The predicted octanol–water partition coefficient (Wildman–Crippen LogP) is 4.87. The fraction of sp³-hybridized carbons (Fsp3) is 0.615. The number of rotatable bonds is 5. The smallest absolute Gasteiger partial charge is 0.303 e. The zero-order valence-corrected chi connectivity index (χ0v) is 13.3. The average Bonchev–Trinajstić information content (AvgIpc) is 2.76. The number of carboxylic acid groups (broad SMARTS) is 1. The summed E-state index contributed by atoms with van der Waals surface area (Å²) in [5, 5.41) is 8.79. The van der Waals surface area contributed by atoms with Gasteiger partial charge in [-0.15, -0.1) is 34.5 Å². The summed E-state index contributed by atoms with van der Waals surface area (Å²) in [6, 6.07) is 4.19. The van der Waals surface area contributed by atoms with Crippen LogP contribution in [0.2, 0.25) is 0 Å². The van der Waals surface area contributed by atoms with E-state index in [1.165, 1.54) is 9.75 Å². The molecule has 1 N–H and O–H groups in total. The van der Waals surface area contributed by atoms with E-state index in [4.69, 9.17) is 28.3 Å². The van der Waals surface area contributed by atoms with Gasteiger partial charge in [0.25, 0.3) is 0 Å². The lowest BCUT2D eigenvalue weighted by molar-refractivity contribution is -0.136. The monoisotopic (exact) mass is 310 g/mol. The summed E-state index contributed by atoms with van der Waals surface area (Å²) in [5.74, 6) is -0.722. The summed E-state index contributed by atoms with van der Waals surface area (Å²) in [6.07, 6.45) is 1.98. The summed E-state index contributed by atoms with van der Waals surface area (Å²) in [5.41, 5.74) is 0.214.